The summed E-state index contributed by atoms with van der Waals surface area (Å²) in [6.45, 7) is 6.97. The SMILES string of the molecule is C=CCOc1ccc(CNc2ccccc2CC)cc1Cl. The monoisotopic (exact) mass is 301 g/mol. The maximum absolute atomic E-state index is 6.22. The molecule has 0 amide bonds. The number of hydrogen-bond acceptors (Lipinski definition) is 2. The van der Waals surface area contributed by atoms with Gasteiger partial charge in [0.25, 0.3) is 0 Å². The lowest BCUT2D eigenvalue weighted by molar-refractivity contribution is 0.363. The first-order valence-electron chi connectivity index (χ1n) is 7.08. The minimum Gasteiger partial charge on any atom is -0.488 e. The fourth-order valence-electron chi connectivity index (χ4n) is 2.12. The number of anilines is 1. The third-order valence-corrected chi connectivity index (χ3v) is 3.53. The standard InChI is InChI=1S/C18H20ClNO/c1-3-11-21-18-10-9-14(12-16(18)19)13-20-17-8-6-5-7-15(17)4-2/h3,5-10,12,20H,1,4,11,13H2,2H3. The van der Waals surface area contributed by atoms with E-state index in [4.69, 9.17) is 16.3 Å². The number of hydrogen-bond donors (Lipinski definition) is 1. The van der Waals surface area contributed by atoms with Gasteiger partial charge < -0.3 is 10.1 Å². The van der Waals surface area contributed by atoms with Crippen molar-refractivity contribution in [2.75, 3.05) is 11.9 Å². The summed E-state index contributed by atoms with van der Waals surface area (Å²) >= 11 is 6.22. The summed E-state index contributed by atoms with van der Waals surface area (Å²) in [4.78, 5) is 0. The van der Waals surface area contributed by atoms with Crippen LogP contribution in [-0.4, -0.2) is 6.61 Å². The Balaban J connectivity index is 2.03. The van der Waals surface area contributed by atoms with E-state index in [1.54, 1.807) is 6.08 Å². The van der Waals surface area contributed by atoms with E-state index in [9.17, 15) is 0 Å². The first-order valence-corrected chi connectivity index (χ1v) is 7.46. The van der Waals surface area contributed by atoms with Crippen molar-refractivity contribution in [3.63, 3.8) is 0 Å². The zero-order chi connectivity index (χ0) is 15.1. The maximum Gasteiger partial charge on any atom is 0.138 e. The molecule has 0 radical (unpaired) electrons. The van der Waals surface area contributed by atoms with Gasteiger partial charge in [0.15, 0.2) is 0 Å². The molecule has 0 saturated heterocycles. The van der Waals surface area contributed by atoms with Crippen LogP contribution in [0.5, 0.6) is 5.75 Å². The highest BCUT2D eigenvalue weighted by Gasteiger charge is 2.04. The summed E-state index contributed by atoms with van der Waals surface area (Å²) in [6.07, 6.45) is 2.71. The Morgan fingerprint density at radius 3 is 2.76 bits per heavy atom. The fourth-order valence-corrected chi connectivity index (χ4v) is 2.38. The van der Waals surface area contributed by atoms with Crippen molar-refractivity contribution in [1.82, 2.24) is 0 Å². The van der Waals surface area contributed by atoms with Gasteiger partial charge in [0.1, 0.15) is 12.4 Å². The lowest BCUT2D eigenvalue weighted by Crippen LogP contribution is -2.02. The lowest BCUT2D eigenvalue weighted by atomic mass is 10.1. The molecule has 2 aromatic rings. The zero-order valence-electron chi connectivity index (χ0n) is 12.2. The Hall–Kier alpha value is -1.93. The molecule has 0 fully saturated rings. The lowest BCUT2D eigenvalue weighted by Gasteiger charge is -2.12. The summed E-state index contributed by atoms with van der Waals surface area (Å²) in [5, 5.41) is 4.08. The average Bonchev–Trinajstić information content (AvgIpc) is 2.52. The second-order valence-electron chi connectivity index (χ2n) is 4.73. The molecule has 0 saturated carbocycles. The number of ether oxygens (including phenoxy) is 1. The molecule has 0 unspecified atom stereocenters. The molecule has 0 spiro atoms. The molecule has 2 aromatic carbocycles. The first-order chi connectivity index (χ1) is 10.2. The third kappa shape index (κ3) is 4.27. The Kier molecular flexibility index (Phi) is 5.70. The third-order valence-electron chi connectivity index (χ3n) is 3.23. The predicted octanol–water partition coefficient (Wildman–Crippen LogP) is 5.08. The number of rotatable bonds is 7. The molecule has 110 valence electrons. The molecule has 0 aliphatic rings. The molecule has 1 N–H and O–H groups in total. The van der Waals surface area contributed by atoms with Crippen molar-refractivity contribution in [2.45, 2.75) is 19.9 Å². The quantitative estimate of drug-likeness (QED) is 0.720. The van der Waals surface area contributed by atoms with Gasteiger partial charge >= 0.3 is 0 Å². The summed E-state index contributed by atoms with van der Waals surface area (Å²) in [5.74, 6) is 0.689. The number of halogens is 1. The highest BCUT2D eigenvalue weighted by Crippen LogP contribution is 2.26. The molecule has 0 atom stereocenters. The van der Waals surface area contributed by atoms with Crippen LogP contribution in [0.25, 0.3) is 0 Å². The normalized spacial score (nSPS) is 10.2. The maximum atomic E-state index is 6.22. The van der Waals surface area contributed by atoms with Crippen LogP contribution in [-0.2, 0) is 13.0 Å². The van der Waals surface area contributed by atoms with Crippen molar-refractivity contribution in [3.8, 4) is 5.75 Å². The van der Waals surface area contributed by atoms with Gasteiger partial charge in [-0.25, -0.2) is 0 Å². The highest BCUT2D eigenvalue weighted by molar-refractivity contribution is 6.32. The average molecular weight is 302 g/mol. The van der Waals surface area contributed by atoms with Crippen molar-refractivity contribution in [1.29, 1.82) is 0 Å². The summed E-state index contributed by atoms with van der Waals surface area (Å²) in [7, 11) is 0. The molecule has 0 aliphatic carbocycles. The van der Waals surface area contributed by atoms with Crippen LogP contribution in [0.3, 0.4) is 0 Å². The van der Waals surface area contributed by atoms with Crippen LogP contribution >= 0.6 is 11.6 Å². The first kappa shape index (κ1) is 15.5. The minimum atomic E-state index is 0.460. The molecular weight excluding hydrogens is 282 g/mol. The molecule has 2 rings (SSSR count). The van der Waals surface area contributed by atoms with Gasteiger partial charge in [0, 0.05) is 12.2 Å². The summed E-state index contributed by atoms with van der Waals surface area (Å²) < 4.78 is 5.47. The van der Waals surface area contributed by atoms with E-state index in [0.29, 0.717) is 17.4 Å². The molecule has 21 heavy (non-hydrogen) atoms. The predicted molar refractivity (Wildman–Crippen MR) is 90.3 cm³/mol. The molecule has 3 heteroatoms. The number of nitrogens with one attached hydrogen (secondary N) is 1. The van der Waals surface area contributed by atoms with Crippen LogP contribution in [0.4, 0.5) is 5.69 Å². The molecule has 0 aromatic heterocycles. The van der Waals surface area contributed by atoms with Crippen LogP contribution in [0.15, 0.2) is 55.1 Å². The van der Waals surface area contributed by atoms with E-state index in [1.807, 2.05) is 24.3 Å². The Morgan fingerprint density at radius 2 is 2.05 bits per heavy atom. The topological polar surface area (TPSA) is 21.3 Å². The Labute approximate surface area is 131 Å². The van der Waals surface area contributed by atoms with E-state index >= 15 is 0 Å². The van der Waals surface area contributed by atoms with Crippen LogP contribution in [0.1, 0.15) is 18.1 Å². The highest BCUT2D eigenvalue weighted by atomic mass is 35.5. The van der Waals surface area contributed by atoms with Gasteiger partial charge in [-0.3, -0.25) is 0 Å². The minimum absolute atomic E-state index is 0.460. The van der Waals surface area contributed by atoms with Gasteiger partial charge in [0.2, 0.25) is 0 Å². The Morgan fingerprint density at radius 1 is 1.24 bits per heavy atom. The molecule has 2 nitrogen and oxygen atoms in total. The van der Waals surface area contributed by atoms with Crippen molar-refractivity contribution in [2.24, 2.45) is 0 Å². The van der Waals surface area contributed by atoms with E-state index in [0.717, 1.165) is 18.5 Å². The van der Waals surface area contributed by atoms with Crippen molar-refractivity contribution < 1.29 is 4.74 Å². The van der Waals surface area contributed by atoms with E-state index in [-0.39, 0.29) is 0 Å². The smallest absolute Gasteiger partial charge is 0.138 e. The van der Waals surface area contributed by atoms with Gasteiger partial charge in [-0.05, 0) is 35.7 Å². The molecule has 0 heterocycles. The van der Waals surface area contributed by atoms with Crippen molar-refractivity contribution in [3.05, 3.63) is 71.3 Å². The number of benzene rings is 2. The summed E-state index contributed by atoms with van der Waals surface area (Å²) in [6, 6.07) is 14.2. The zero-order valence-corrected chi connectivity index (χ0v) is 13.0. The molecular formula is C18H20ClNO. The van der Waals surface area contributed by atoms with Crippen LogP contribution in [0.2, 0.25) is 5.02 Å². The molecule has 0 bridgehead atoms. The van der Waals surface area contributed by atoms with Gasteiger partial charge in [0.05, 0.1) is 5.02 Å². The Bertz CT molecular complexity index is 610. The van der Waals surface area contributed by atoms with Crippen LogP contribution in [0, 0.1) is 0 Å². The van der Waals surface area contributed by atoms with Gasteiger partial charge in [-0.15, -0.1) is 0 Å². The molecule has 0 aliphatic heterocycles. The summed E-state index contributed by atoms with van der Waals surface area (Å²) in [5.41, 5.74) is 3.61. The van der Waals surface area contributed by atoms with Crippen molar-refractivity contribution >= 4 is 17.3 Å². The van der Waals surface area contributed by atoms with E-state index in [2.05, 4.69) is 37.0 Å². The van der Waals surface area contributed by atoms with Crippen LogP contribution < -0.4 is 10.1 Å². The van der Waals surface area contributed by atoms with E-state index in [1.165, 1.54) is 11.3 Å². The largest absolute Gasteiger partial charge is 0.488 e. The number of aryl methyl sites for hydroxylation is 1. The van der Waals surface area contributed by atoms with Gasteiger partial charge in [-0.1, -0.05) is 55.4 Å². The fraction of sp³-hybridized carbons (Fsp3) is 0.222. The second-order valence-corrected chi connectivity index (χ2v) is 5.14. The van der Waals surface area contributed by atoms with Gasteiger partial charge in [-0.2, -0.15) is 0 Å². The second kappa shape index (κ2) is 7.75. The number of para-hydroxylation sites is 1. The van der Waals surface area contributed by atoms with E-state index < -0.39 is 0 Å².